The summed E-state index contributed by atoms with van der Waals surface area (Å²) in [5, 5.41) is 21.4. The van der Waals surface area contributed by atoms with Crippen molar-refractivity contribution in [2.24, 2.45) is 5.92 Å². The fourth-order valence-electron chi connectivity index (χ4n) is 7.43. The summed E-state index contributed by atoms with van der Waals surface area (Å²) in [7, 11) is 0. The minimum absolute atomic E-state index is 0.00489. The molecule has 3 aliphatic rings. The molecule has 2 N–H and O–H groups in total. The van der Waals surface area contributed by atoms with E-state index in [4.69, 9.17) is 14.2 Å². The maximum atomic E-state index is 12.3. The monoisotopic (exact) mass is 636 g/mol. The van der Waals surface area contributed by atoms with Crippen LogP contribution < -0.4 is 0 Å². The summed E-state index contributed by atoms with van der Waals surface area (Å²) in [5.41, 5.74) is 0. The van der Waals surface area contributed by atoms with Gasteiger partial charge in [0.25, 0.3) is 0 Å². The molecule has 0 radical (unpaired) electrons. The fraction of sp³-hybridized carbons (Fsp3) is 0.919. The number of cyclic esters (lactones) is 1. The van der Waals surface area contributed by atoms with Gasteiger partial charge in [-0.15, -0.1) is 0 Å². The lowest BCUT2D eigenvalue weighted by Gasteiger charge is -2.24. The standard InChI is InChI=1S/C37H64O8/c1-3-4-5-6-7-8-9-12-19-31(40)33-21-23-35(44-33)36-24-22-34(45-36)32(41)20-13-10-11-16-29(39)17-14-15-18-30-26-28(25-27(2)38)37(42)43-30/h28,30-36,40-41H,3-26H2,1-2H3/t28-,30-,31-,32-,33-,34-,35-,36-/m1/s1. The Morgan fingerprint density at radius 1 is 0.733 bits per heavy atom. The highest BCUT2D eigenvalue weighted by atomic mass is 16.6. The van der Waals surface area contributed by atoms with E-state index >= 15 is 0 Å². The first-order valence-electron chi connectivity index (χ1n) is 18.7. The van der Waals surface area contributed by atoms with Gasteiger partial charge in [0.1, 0.15) is 17.7 Å². The number of ether oxygens (including phenoxy) is 3. The van der Waals surface area contributed by atoms with Gasteiger partial charge in [0.2, 0.25) is 0 Å². The Kier molecular flexibility index (Phi) is 18.2. The molecule has 0 saturated carbocycles. The average molecular weight is 637 g/mol. The maximum absolute atomic E-state index is 12.3. The third-order valence-corrected chi connectivity index (χ3v) is 10.2. The smallest absolute Gasteiger partial charge is 0.309 e. The number of Topliss-reactive ketones (excluding diaryl/α,β-unsaturated/α-hetero) is 2. The van der Waals surface area contributed by atoms with Crippen molar-refractivity contribution < 1.29 is 38.8 Å². The van der Waals surface area contributed by atoms with Gasteiger partial charge in [-0.2, -0.15) is 0 Å². The molecular weight excluding hydrogens is 572 g/mol. The zero-order valence-corrected chi connectivity index (χ0v) is 28.4. The molecule has 0 bridgehead atoms. The van der Waals surface area contributed by atoms with E-state index in [0.717, 1.165) is 77.0 Å². The van der Waals surface area contributed by atoms with E-state index < -0.39 is 12.2 Å². The lowest BCUT2D eigenvalue weighted by atomic mass is 9.96. The molecule has 0 amide bonds. The van der Waals surface area contributed by atoms with E-state index in [9.17, 15) is 24.6 Å². The summed E-state index contributed by atoms with van der Waals surface area (Å²) < 4.78 is 17.9. The van der Waals surface area contributed by atoms with E-state index in [2.05, 4.69) is 6.92 Å². The molecule has 3 heterocycles. The predicted molar refractivity (Wildman–Crippen MR) is 175 cm³/mol. The Morgan fingerprint density at radius 3 is 1.80 bits per heavy atom. The maximum Gasteiger partial charge on any atom is 0.309 e. The van der Waals surface area contributed by atoms with Crippen molar-refractivity contribution >= 4 is 17.5 Å². The number of carbonyl (C=O) groups is 3. The van der Waals surface area contributed by atoms with Crippen molar-refractivity contribution in [2.75, 3.05) is 0 Å². The summed E-state index contributed by atoms with van der Waals surface area (Å²) in [5.74, 6) is -0.264. The van der Waals surface area contributed by atoms with Crippen LogP contribution >= 0.6 is 0 Å². The van der Waals surface area contributed by atoms with Gasteiger partial charge in [-0.1, -0.05) is 71.1 Å². The number of hydrogen-bond acceptors (Lipinski definition) is 8. The topological polar surface area (TPSA) is 119 Å². The fourth-order valence-corrected chi connectivity index (χ4v) is 7.43. The Labute approximate surface area is 272 Å². The van der Waals surface area contributed by atoms with Crippen molar-refractivity contribution in [3.8, 4) is 0 Å². The highest BCUT2D eigenvalue weighted by molar-refractivity contribution is 5.83. The van der Waals surface area contributed by atoms with E-state index in [1.54, 1.807) is 0 Å². The second-order valence-electron chi connectivity index (χ2n) is 14.3. The Hall–Kier alpha value is -1.35. The number of aliphatic hydroxyl groups excluding tert-OH is 2. The van der Waals surface area contributed by atoms with E-state index in [0.29, 0.717) is 25.7 Å². The Balaban J connectivity index is 1.16. The number of rotatable bonds is 25. The minimum Gasteiger partial charge on any atom is -0.462 e. The van der Waals surface area contributed by atoms with Crippen LogP contribution in [0.25, 0.3) is 0 Å². The van der Waals surface area contributed by atoms with Gasteiger partial charge >= 0.3 is 5.97 Å². The number of aliphatic hydroxyl groups is 2. The van der Waals surface area contributed by atoms with Gasteiger partial charge in [-0.3, -0.25) is 9.59 Å². The average Bonchev–Trinajstić information content (AvgIpc) is 3.77. The number of carbonyl (C=O) groups excluding carboxylic acids is 3. The van der Waals surface area contributed by atoms with Crippen molar-refractivity contribution in [2.45, 2.75) is 211 Å². The summed E-state index contributed by atoms with van der Waals surface area (Å²) in [6, 6.07) is 0. The Morgan fingerprint density at radius 2 is 1.24 bits per heavy atom. The highest BCUT2D eigenvalue weighted by Crippen LogP contribution is 2.35. The normalized spacial score (nSPS) is 28.0. The third-order valence-electron chi connectivity index (χ3n) is 10.2. The molecule has 0 spiro atoms. The molecule has 260 valence electrons. The first kappa shape index (κ1) is 38.1. The molecule has 8 nitrogen and oxygen atoms in total. The van der Waals surface area contributed by atoms with Crippen molar-refractivity contribution in [1.82, 2.24) is 0 Å². The summed E-state index contributed by atoms with van der Waals surface area (Å²) >= 11 is 0. The molecular formula is C37H64O8. The van der Waals surface area contributed by atoms with E-state index in [1.807, 2.05) is 0 Å². The van der Waals surface area contributed by atoms with Crippen LogP contribution in [-0.2, 0) is 28.6 Å². The summed E-state index contributed by atoms with van der Waals surface area (Å²) in [6.07, 6.45) is 20.9. The molecule has 0 unspecified atom stereocenters. The van der Waals surface area contributed by atoms with Crippen molar-refractivity contribution in [3.63, 3.8) is 0 Å². The molecule has 0 aromatic rings. The molecule has 8 atom stereocenters. The zero-order chi connectivity index (χ0) is 32.4. The first-order chi connectivity index (χ1) is 21.8. The molecule has 0 aromatic heterocycles. The molecule has 0 aliphatic carbocycles. The Bertz CT molecular complexity index is 861. The third kappa shape index (κ3) is 14.5. The second kappa shape index (κ2) is 21.5. The van der Waals surface area contributed by atoms with Crippen LogP contribution in [0.3, 0.4) is 0 Å². The number of hydrogen-bond donors (Lipinski definition) is 2. The van der Waals surface area contributed by atoms with Crippen molar-refractivity contribution in [1.29, 1.82) is 0 Å². The largest absolute Gasteiger partial charge is 0.462 e. The molecule has 3 rings (SSSR count). The number of esters is 1. The highest BCUT2D eigenvalue weighted by Gasteiger charge is 2.40. The summed E-state index contributed by atoms with van der Waals surface area (Å²) in [6.45, 7) is 3.75. The molecule has 0 aromatic carbocycles. The SMILES string of the molecule is CCCCCCCCCC[C@@H](O)[C@H]1CC[C@H]([C@H]2CC[C@H]([C@H](O)CCCCCC(=O)CCCC[C@@H]3C[C@@H](CC(C)=O)C(=O)O3)O2)O1. The van der Waals surface area contributed by atoms with Gasteiger partial charge in [-0.25, -0.2) is 0 Å². The van der Waals surface area contributed by atoms with Crippen LogP contribution in [0.4, 0.5) is 0 Å². The van der Waals surface area contributed by atoms with E-state index in [-0.39, 0.29) is 60.4 Å². The van der Waals surface area contributed by atoms with Crippen LogP contribution in [0.2, 0.25) is 0 Å². The van der Waals surface area contributed by atoms with Crippen LogP contribution in [-0.4, -0.2) is 70.5 Å². The van der Waals surface area contributed by atoms with Gasteiger partial charge in [0.15, 0.2) is 0 Å². The van der Waals surface area contributed by atoms with E-state index in [1.165, 1.54) is 51.9 Å². The number of unbranched alkanes of at least 4 members (excludes halogenated alkanes) is 10. The molecule has 45 heavy (non-hydrogen) atoms. The second-order valence-corrected chi connectivity index (χ2v) is 14.3. The molecule has 8 heteroatoms. The zero-order valence-electron chi connectivity index (χ0n) is 28.4. The van der Waals surface area contributed by atoms with Crippen LogP contribution in [0, 0.1) is 5.92 Å². The molecule has 3 aliphatic heterocycles. The molecule has 3 fully saturated rings. The molecule has 3 saturated heterocycles. The van der Waals surface area contributed by atoms with Gasteiger partial charge in [0, 0.05) is 19.3 Å². The lowest BCUT2D eigenvalue weighted by Crippen LogP contribution is -2.33. The van der Waals surface area contributed by atoms with Crippen LogP contribution in [0.15, 0.2) is 0 Å². The number of ketones is 2. The van der Waals surface area contributed by atoms with Gasteiger partial charge in [-0.05, 0) is 77.6 Å². The lowest BCUT2D eigenvalue weighted by molar-refractivity contribution is -0.145. The quantitative estimate of drug-likeness (QED) is 0.0790. The van der Waals surface area contributed by atoms with Gasteiger partial charge < -0.3 is 29.2 Å². The van der Waals surface area contributed by atoms with Crippen LogP contribution in [0.1, 0.15) is 168 Å². The first-order valence-corrected chi connectivity index (χ1v) is 18.7. The van der Waals surface area contributed by atoms with Crippen LogP contribution in [0.5, 0.6) is 0 Å². The van der Waals surface area contributed by atoms with Gasteiger partial charge in [0.05, 0.1) is 42.5 Å². The predicted octanol–water partition coefficient (Wildman–Crippen LogP) is 7.33. The van der Waals surface area contributed by atoms with Crippen molar-refractivity contribution in [3.05, 3.63) is 0 Å². The summed E-state index contributed by atoms with van der Waals surface area (Å²) in [4.78, 5) is 35.4. The minimum atomic E-state index is -0.491.